The topological polar surface area (TPSA) is 61.4 Å². The number of nitrogens with zero attached hydrogens (tertiary/aromatic N) is 1. The van der Waals surface area contributed by atoms with Gasteiger partial charge in [0.05, 0.1) is 0 Å². The zero-order valence-corrected chi connectivity index (χ0v) is 14.2. The molecule has 3 rings (SSSR count). The normalized spacial score (nSPS) is 19.0. The molecule has 0 saturated carbocycles. The molecule has 2 N–H and O–H groups in total. The van der Waals surface area contributed by atoms with E-state index in [1.54, 1.807) is 0 Å². The number of anilines is 1. The highest BCUT2D eigenvalue weighted by Gasteiger charge is 2.28. The van der Waals surface area contributed by atoms with Crippen molar-refractivity contribution < 1.29 is 9.59 Å². The lowest BCUT2D eigenvalue weighted by Gasteiger charge is -2.31. The van der Waals surface area contributed by atoms with E-state index in [0.717, 1.165) is 37.3 Å². The molecule has 0 spiro atoms. The van der Waals surface area contributed by atoms with Crippen molar-refractivity contribution in [3.8, 4) is 0 Å². The number of halogens is 1. The number of rotatable bonds is 5. The summed E-state index contributed by atoms with van der Waals surface area (Å²) in [4.78, 5) is 25.7. The fraction of sp³-hybridized carbons (Fsp3) is 0.529. The SMILES string of the molecule is CC(C(=O)Nc1ccc(CN2CCCC2=O)cc1)C1CNC1.Cl. The second-order valence-corrected chi connectivity index (χ2v) is 6.31. The quantitative estimate of drug-likeness (QED) is 0.864. The third-order valence-corrected chi connectivity index (χ3v) is 4.70. The van der Waals surface area contributed by atoms with Crippen LogP contribution >= 0.6 is 12.4 Å². The molecular weight excluding hydrogens is 314 g/mol. The van der Waals surface area contributed by atoms with E-state index in [1.807, 2.05) is 36.1 Å². The van der Waals surface area contributed by atoms with Crippen LogP contribution < -0.4 is 10.6 Å². The van der Waals surface area contributed by atoms with Crippen molar-refractivity contribution >= 4 is 29.9 Å². The maximum Gasteiger partial charge on any atom is 0.227 e. The van der Waals surface area contributed by atoms with Gasteiger partial charge in [-0.15, -0.1) is 12.4 Å². The molecule has 0 aliphatic carbocycles. The Morgan fingerprint density at radius 2 is 2.04 bits per heavy atom. The van der Waals surface area contributed by atoms with E-state index in [1.165, 1.54) is 0 Å². The maximum atomic E-state index is 12.2. The fourth-order valence-corrected chi connectivity index (χ4v) is 2.92. The Morgan fingerprint density at radius 3 is 2.57 bits per heavy atom. The maximum absolute atomic E-state index is 12.2. The number of amides is 2. The van der Waals surface area contributed by atoms with Gasteiger partial charge in [-0.1, -0.05) is 19.1 Å². The summed E-state index contributed by atoms with van der Waals surface area (Å²) < 4.78 is 0. The molecule has 2 heterocycles. The molecule has 126 valence electrons. The van der Waals surface area contributed by atoms with E-state index < -0.39 is 0 Å². The van der Waals surface area contributed by atoms with Crippen molar-refractivity contribution in [1.29, 1.82) is 0 Å². The largest absolute Gasteiger partial charge is 0.338 e. The fourth-order valence-electron chi connectivity index (χ4n) is 2.92. The Labute approximate surface area is 143 Å². The van der Waals surface area contributed by atoms with Crippen LogP contribution in [0.4, 0.5) is 5.69 Å². The highest BCUT2D eigenvalue weighted by atomic mass is 35.5. The summed E-state index contributed by atoms with van der Waals surface area (Å²) in [6.07, 6.45) is 1.63. The smallest absolute Gasteiger partial charge is 0.227 e. The average molecular weight is 338 g/mol. The second-order valence-electron chi connectivity index (χ2n) is 6.31. The first-order valence-electron chi connectivity index (χ1n) is 8.02. The third kappa shape index (κ3) is 4.24. The van der Waals surface area contributed by atoms with E-state index in [4.69, 9.17) is 0 Å². The van der Waals surface area contributed by atoms with Crippen LogP contribution in [0.5, 0.6) is 0 Å². The van der Waals surface area contributed by atoms with E-state index in [-0.39, 0.29) is 30.1 Å². The van der Waals surface area contributed by atoms with Crippen LogP contribution in [0.1, 0.15) is 25.3 Å². The molecule has 2 aliphatic heterocycles. The summed E-state index contributed by atoms with van der Waals surface area (Å²) in [5, 5.41) is 6.17. The standard InChI is InChI=1S/C17H23N3O2.ClH/c1-12(14-9-18-10-14)17(22)19-15-6-4-13(5-7-15)11-20-8-2-3-16(20)21;/h4-7,12,14,18H,2-3,8-11H2,1H3,(H,19,22);1H. The molecule has 1 aromatic rings. The lowest BCUT2D eigenvalue weighted by molar-refractivity contribution is -0.128. The first kappa shape index (κ1) is 17.8. The summed E-state index contributed by atoms with van der Waals surface area (Å²) in [5.41, 5.74) is 1.92. The Morgan fingerprint density at radius 1 is 1.35 bits per heavy atom. The molecule has 2 aliphatic rings. The molecule has 23 heavy (non-hydrogen) atoms. The van der Waals surface area contributed by atoms with Crippen molar-refractivity contribution in [3.05, 3.63) is 29.8 Å². The average Bonchev–Trinajstić information content (AvgIpc) is 2.84. The number of benzene rings is 1. The van der Waals surface area contributed by atoms with Crippen molar-refractivity contribution in [2.75, 3.05) is 25.0 Å². The van der Waals surface area contributed by atoms with E-state index in [2.05, 4.69) is 10.6 Å². The van der Waals surface area contributed by atoms with Gasteiger partial charge in [0.2, 0.25) is 11.8 Å². The van der Waals surface area contributed by atoms with Gasteiger partial charge in [0, 0.05) is 31.1 Å². The summed E-state index contributed by atoms with van der Waals surface area (Å²) in [7, 11) is 0. The summed E-state index contributed by atoms with van der Waals surface area (Å²) in [6, 6.07) is 7.80. The minimum Gasteiger partial charge on any atom is -0.338 e. The van der Waals surface area contributed by atoms with Gasteiger partial charge in [-0.05, 0) is 43.1 Å². The molecule has 2 amide bonds. The number of hydrogen-bond donors (Lipinski definition) is 2. The zero-order valence-electron chi connectivity index (χ0n) is 13.4. The second kappa shape index (κ2) is 7.79. The molecule has 0 bridgehead atoms. The highest BCUT2D eigenvalue weighted by molar-refractivity contribution is 5.92. The molecule has 0 radical (unpaired) electrons. The van der Waals surface area contributed by atoms with Gasteiger partial charge >= 0.3 is 0 Å². The summed E-state index contributed by atoms with van der Waals surface area (Å²) >= 11 is 0. The molecule has 5 nitrogen and oxygen atoms in total. The van der Waals surface area contributed by atoms with E-state index in [9.17, 15) is 9.59 Å². The monoisotopic (exact) mass is 337 g/mol. The lowest BCUT2D eigenvalue weighted by Crippen LogP contribution is -2.48. The van der Waals surface area contributed by atoms with Crippen LogP contribution in [-0.2, 0) is 16.1 Å². The van der Waals surface area contributed by atoms with Crippen LogP contribution in [0.15, 0.2) is 24.3 Å². The third-order valence-electron chi connectivity index (χ3n) is 4.70. The number of hydrogen-bond acceptors (Lipinski definition) is 3. The van der Waals surface area contributed by atoms with Crippen LogP contribution in [-0.4, -0.2) is 36.3 Å². The van der Waals surface area contributed by atoms with Gasteiger partial charge in [-0.3, -0.25) is 9.59 Å². The summed E-state index contributed by atoms with van der Waals surface area (Å²) in [5.74, 6) is 0.790. The predicted octanol–water partition coefficient (Wildman–Crippen LogP) is 2.02. The Hall–Kier alpha value is -1.59. The molecule has 1 aromatic carbocycles. The Balaban J connectivity index is 0.00000192. The van der Waals surface area contributed by atoms with E-state index in [0.29, 0.717) is 18.9 Å². The molecular formula is C17H24ClN3O2. The number of nitrogens with one attached hydrogen (secondary N) is 2. The van der Waals surface area contributed by atoms with Gasteiger partial charge in [-0.2, -0.15) is 0 Å². The van der Waals surface area contributed by atoms with Crippen molar-refractivity contribution in [3.63, 3.8) is 0 Å². The molecule has 2 fully saturated rings. The van der Waals surface area contributed by atoms with Gasteiger partial charge in [0.25, 0.3) is 0 Å². The van der Waals surface area contributed by atoms with Crippen LogP contribution in [0, 0.1) is 11.8 Å². The van der Waals surface area contributed by atoms with Gasteiger partial charge < -0.3 is 15.5 Å². The molecule has 1 unspecified atom stereocenters. The number of carbonyl (C=O) groups is 2. The van der Waals surface area contributed by atoms with Crippen LogP contribution in [0.2, 0.25) is 0 Å². The molecule has 0 aromatic heterocycles. The van der Waals surface area contributed by atoms with Crippen LogP contribution in [0.25, 0.3) is 0 Å². The van der Waals surface area contributed by atoms with Crippen molar-refractivity contribution in [2.24, 2.45) is 11.8 Å². The van der Waals surface area contributed by atoms with Gasteiger partial charge in [0.15, 0.2) is 0 Å². The molecule has 2 saturated heterocycles. The Bertz CT molecular complexity index is 557. The minimum atomic E-state index is 0. The first-order chi connectivity index (χ1) is 10.6. The van der Waals surface area contributed by atoms with Gasteiger partial charge in [0.1, 0.15) is 0 Å². The molecule has 6 heteroatoms. The highest BCUT2D eigenvalue weighted by Crippen LogP contribution is 2.19. The van der Waals surface area contributed by atoms with Gasteiger partial charge in [-0.25, -0.2) is 0 Å². The minimum absolute atomic E-state index is 0. The number of carbonyl (C=O) groups excluding carboxylic acids is 2. The van der Waals surface area contributed by atoms with Crippen molar-refractivity contribution in [2.45, 2.75) is 26.3 Å². The lowest BCUT2D eigenvalue weighted by atomic mass is 9.88. The Kier molecular flexibility index (Phi) is 6.02. The van der Waals surface area contributed by atoms with E-state index >= 15 is 0 Å². The predicted molar refractivity (Wildman–Crippen MR) is 92.5 cm³/mol. The van der Waals surface area contributed by atoms with Crippen molar-refractivity contribution in [1.82, 2.24) is 10.2 Å². The zero-order chi connectivity index (χ0) is 15.5. The molecule has 1 atom stereocenters. The van der Waals surface area contributed by atoms with Crippen LogP contribution in [0.3, 0.4) is 0 Å². The first-order valence-corrected chi connectivity index (χ1v) is 8.02. The number of likely N-dealkylation sites (tertiary alicyclic amines) is 1. The summed E-state index contributed by atoms with van der Waals surface area (Å²) in [6.45, 7) is 5.35.